The van der Waals surface area contributed by atoms with Crippen LogP contribution < -0.4 is 11.1 Å². The van der Waals surface area contributed by atoms with Crippen molar-refractivity contribution in [3.8, 4) is 0 Å². The van der Waals surface area contributed by atoms with E-state index in [-0.39, 0.29) is 0 Å². The fourth-order valence-corrected chi connectivity index (χ4v) is 2.55. The predicted molar refractivity (Wildman–Crippen MR) is 96.0 cm³/mol. The molecule has 0 aliphatic rings. The van der Waals surface area contributed by atoms with Gasteiger partial charge in [0.15, 0.2) is 0 Å². The first kappa shape index (κ1) is 21.0. The summed E-state index contributed by atoms with van der Waals surface area (Å²) in [4.78, 5) is 10.4. The molecule has 0 fully saturated rings. The van der Waals surface area contributed by atoms with E-state index < -0.39 is 6.03 Å². The second-order valence-corrected chi connectivity index (χ2v) is 6.16. The molecule has 0 aliphatic heterocycles. The van der Waals surface area contributed by atoms with Gasteiger partial charge < -0.3 is 5.73 Å². The van der Waals surface area contributed by atoms with E-state index in [0.29, 0.717) is 6.54 Å². The van der Waals surface area contributed by atoms with Crippen molar-refractivity contribution in [2.24, 2.45) is 5.73 Å². The molecular formula is C19H37N2O. The third-order valence-electron chi connectivity index (χ3n) is 3.94. The van der Waals surface area contributed by atoms with Crippen LogP contribution in [-0.2, 0) is 0 Å². The Morgan fingerprint density at radius 3 is 1.73 bits per heavy atom. The highest BCUT2D eigenvalue weighted by atomic mass is 16.2. The van der Waals surface area contributed by atoms with Gasteiger partial charge in [-0.15, -0.1) is 0 Å². The molecule has 0 heterocycles. The zero-order valence-electron chi connectivity index (χ0n) is 14.7. The molecule has 0 aliphatic carbocycles. The molecule has 2 N–H and O–H groups in total. The molecule has 0 saturated carbocycles. The van der Waals surface area contributed by atoms with Gasteiger partial charge in [-0.1, -0.05) is 76.9 Å². The van der Waals surface area contributed by atoms with Gasteiger partial charge in [0.25, 0.3) is 0 Å². The van der Waals surface area contributed by atoms with E-state index in [1.807, 2.05) is 0 Å². The summed E-state index contributed by atoms with van der Waals surface area (Å²) in [7, 11) is 0. The molecule has 129 valence electrons. The van der Waals surface area contributed by atoms with Gasteiger partial charge in [-0.25, -0.2) is 10.1 Å². The number of hydrogen-bond acceptors (Lipinski definition) is 1. The molecule has 0 bridgehead atoms. The van der Waals surface area contributed by atoms with Crippen LogP contribution in [0.25, 0.3) is 0 Å². The minimum Gasteiger partial charge on any atom is -0.350 e. The number of allylic oxidation sites excluding steroid dienone is 2. The van der Waals surface area contributed by atoms with Crippen molar-refractivity contribution in [1.29, 1.82) is 0 Å². The monoisotopic (exact) mass is 309 g/mol. The number of urea groups is 1. The summed E-state index contributed by atoms with van der Waals surface area (Å²) < 4.78 is 0. The highest BCUT2D eigenvalue weighted by molar-refractivity contribution is 5.71. The summed E-state index contributed by atoms with van der Waals surface area (Å²) in [5.41, 5.74) is 4.95. The minimum atomic E-state index is -0.534. The molecule has 0 atom stereocenters. The third kappa shape index (κ3) is 19.0. The highest BCUT2D eigenvalue weighted by Gasteiger charge is 1.94. The van der Waals surface area contributed by atoms with Crippen LogP contribution in [0.15, 0.2) is 12.2 Å². The summed E-state index contributed by atoms with van der Waals surface area (Å²) in [6, 6.07) is -0.534. The first-order valence-corrected chi connectivity index (χ1v) is 9.39. The van der Waals surface area contributed by atoms with E-state index in [1.165, 1.54) is 77.0 Å². The van der Waals surface area contributed by atoms with E-state index in [2.05, 4.69) is 24.4 Å². The molecule has 0 aromatic rings. The summed E-state index contributed by atoms with van der Waals surface area (Å²) in [5, 5.41) is 3.66. The van der Waals surface area contributed by atoms with Crippen LogP contribution in [-0.4, -0.2) is 12.6 Å². The number of primary amides is 1. The zero-order chi connectivity index (χ0) is 16.3. The maximum Gasteiger partial charge on any atom is 0.333 e. The highest BCUT2D eigenvalue weighted by Crippen LogP contribution is 2.09. The molecule has 0 spiro atoms. The van der Waals surface area contributed by atoms with E-state index in [1.54, 1.807) is 0 Å². The van der Waals surface area contributed by atoms with Gasteiger partial charge in [0.05, 0.1) is 0 Å². The first-order chi connectivity index (χ1) is 10.8. The van der Waals surface area contributed by atoms with Crippen molar-refractivity contribution in [3.05, 3.63) is 12.2 Å². The van der Waals surface area contributed by atoms with Crippen LogP contribution in [0.1, 0.15) is 96.8 Å². The number of carbonyl (C=O) groups is 1. The number of amides is 2. The quantitative estimate of drug-likeness (QED) is 0.288. The Hall–Kier alpha value is -0.990. The Labute approximate surface area is 138 Å². The Morgan fingerprint density at radius 1 is 0.773 bits per heavy atom. The van der Waals surface area contributed by atoms with Gasteiger partial charge in [-0.2, -0.15) is 0 Å². The number of carbonyl (C=O) groups excluding carboxylic acids is 1. The number of nitrogens with two attached hydrogens (primary N) is 1. The van der Waals surface area contributed by atoms with Gasteiger partial charge in [-0.05, 0) is 32.1 Å². The summed E-state index contributed by atoms with van der Waals surface area (Å²) in [6.07, 6.45) is 22.8. The molecule has 3 nitrogen and oxygen atoms in total. The summed E-state index contributed by atoms with van der Waals surface area (Å²) in [5.74, 6) is 0. The van der Waals surface area contributed by atoms with Gasteiger partial charge >= 0.3 is 6.03 Å². The van der Waals surface area contributed by atoms with E-state index >= 15 is 0 Å². The normalized spacial score (nSPS) is 11.1. The van der Waals surface area contributed by atoms with Crippen LogP contribution in [0.4, 0.5) is 4.79 Å². The van der Waals surface area contributed by atoms with Crippen LogP contribution in [0.2, 0.25) is 0 Å². The lowest BCUT2D eigenvalue weighted by Crippen LogP contribution is -2.23. The Balaban J connectivity index is 3.06. The van der Waals surface area contributed by atoms with Crippen LogP contribution >= 0.6 is 0 Å². The van der Waals surface area contributed by atoms with Crippen molar-refractivity contribution < 1.29 is 4.79 Å². The van der Waals surface area contributed by atoms with Gasteiger partial charge in [0.2, 0.25) is 0 Å². The number of rotatable bonds is 16. The molecule has 2 amide bonds. The van der Waals surface area contributed by atoms with Crippen molar-refractivity contribution in [3.63, 3.8) is 0 Å². The maximum absolute atomic E-state index is 10.4. The van der Waals surface area contributed by atoms with Crippen LogP contribution in [0, 0.1) is 0 Å². The number of hydrogen-bond donors (Lipinski definition) is 1. The largest absolute Gasteiger partial charge is 0.350 e. The Bertz CT molecular complexity index is 264. The first-order valence-electron chi connectivity index (χ1n) is 9.39. The molecule has 0 saturated heterocycles. The second kappa shape index (κ2) is 18.1. The van der Waals surface area contributed by atoms with E-state index in [4.69, 9.17) is 5.73 Å². The van der Waals surface area contributed by atoms with Gasteiger partial charge in [0, 0.05) is 6.54 Å². The summed E-state index contributed by atoms with van der Waals surface area (Å²) in [6.45, 7) is 2.86. The standard InChI is InChI=1S/C19H37N2O/c1-2-3-4-5-6-7-8-9-10-11-12-13-14-15-16-17-18-21-19(20)22/h9-10H,2-8,11-18H2,1H3,(H2,20,22)/b10-9-. The lowest BCUT2D eigenvalue weighted by atomic mass is 10.1. The molecule has 1 radical (unpaired) electrons. The average molecular weight is 310 g/mol. The fraction of sp³-hybridized carbons (Fsp3) is 0.842. The van der Waals surface area contributed by atoms with Gasteiger partial charge in [0.1, 0.15) is 0 Å². The zero-order valence-corrected chi connectivity index (χ0v) is 14.7. The SMILES string of the molecule is CCCCCCCC/C=C\CCCCCCCC[N]C(N)=O. The van der Waals surface area contributed by atoms with Crippen molar-refractivity contribution in [1.82, 2.24) is 5.32 Å². The van der Waals surface area contributed by atoms with Crippen LogP contribution in [0.5, 0.6) is 0 Å². The average Bonchev–Trinajstić information content (AvgIpc) is 2.50. The van der Waals surface area contributed by atoms with Crippen molar-refractivity contribution in [2.75, 3.05) is 6.54 Å². The van der Waals surface area contributed by atoms with Crippen LogP contribution in [0.3, 0.4) is 0 Å². The molecule has 0 unspecified atom stereocenters. The third-order valence-corrected chi connectivity index (χ3v) is 3.94. The Morgan fingerprint density at radius 2 is 1.23 bits per heavy atom. The number of nitrogens with zero attached hydrogens (tertiary/aromatic N) is 1. The topological polar surface area (TPSA) is 57.2 Å². The van der Waals surface area contributed by atoms with Gasteiger partial charge in [-0.3, -0.25) is 0 Å². The fourth-order valence-electron chi connectivity index (χ4n) is 2.55. The van der Waals surface area contributed by atoms with E-state index in [0.717, 1.165) is 12.8 Å². The van der Waals surface area contributed by atoms with E-state index in [9.17, 15) is 4.79 Å². The maximum atomic E-state index is 10.4. The lowest BCUT2D eigenvalue weighted by Gasteiger charge is -2.00. The van der Waals surface area contributed by atoms with Crippen molar-refractivity contribution >= 4 is 6.03 Å². The second-order valence-electron chi connectivity index (χ2n) is 6.16. The Kier molecular flexibility index (Phi) is 17.2. The summed E-state index contributed by atoms with van der Waals surface area (Å²) >= 11 is 0. The van der Waals surface area contributed by atoms with Crippen molar-refractivity contribution in [2.45, 2.75) is 96.8 Å². The predicted octanol–water partition coefficient (Wildman–Crippen LogP) is 5.71. The molecule has 22 heavy (non-hydrogen) atoms. The molecule has 0 rings (SSSR count). The lowest BCUT2D eigenvalue weighted by molar-refractivity contribution is 0.248. The number of unbranched alkanes of at least 4 members (excludes halogenated alkanes) is 12. The molecular weight excluding hydrogens is 272 g/mol. The molecule has 3 heteroatoms. The molecule has 0 aromatic heterocycles. The minimum absolute atomic E-state index is 0.534. The smallest absolute Gasteiger partial charge is 0.333 e. The molecule has 0 aromatic carbocycles.